The molecule has 8 rings (SSSR count). The van der Waals surface area contributed by atoms with E-state index in [-0.39, 0.29) is 36.4 Å². The summed E-state index contributed by atoms with van der Waals surface area (Å²) in [6.45, 7) is 15.1. The van der Waals surface area contributed by atoms with Gasteiger partial charge in [-0.3, -0.25) is 34.0 Å². The average Bonchev–Trinajstić information content (AvgIpc) is 3.62. The first kappa shape index (κ1) is 43.9. The van der Waals surface area contributed by atoms with Gasteiger partial charge in [0.25, 0.3) is 0 Å². The Hall–Kier alpha value is -6.20. The molecular formula is C45H55FN10O6. The number of carbonyl (C=O) groups is 4. The van der Waals surface area contributed by atoms with Gasteiger partial charge in [0.05, 0.1) is 18.3 Å². The van der Waals surface area contributed by atoms with Crippen LogP contribution in [0.1, 0.15) is 44.6 Å². The van der Waals surface area contributed by atoms with E-state index in [1.807, 2.05) is 59.3 Å². The number of nitrogens with zero attached hydrogens (tertiary/aromatic N) is 8. The lowest BCUT2D eigenvalue weighted by atomic mass is 9.95. The van der Waals surface area contributed by atoms with E-state index in [0.717, 1.165) is 82.9 Å². The molecule has 62 heavy (non-hydrogen) atoms. The molecule has 4 saturated heterocycles. The molecule has 0 bridgehead atoms. The molecule has 0 spiro atoms. The molecule has 4 aliphatic rings. The largest absolute Gasteiger partial charge is 0.420 e. The molecule has 328 valence electrons. The Bertz CT molecular complexity index is 2320. The molecule has 4 fully saturated rings. The number of halogens is 1. The summed E-state index contributed by atoms with van der Waals surface area (Å²) in [4.78, 5) is 78.8. The number of hydrogen-bond acceptors (Lipinski definition) is 13. The molecular weight excluding hydrogens is 796 g/mol. The minimum absolute atomic E-state index is 0.0851. The molecule has 1 unspecified atom stereocenters. The van der Waals surface area contributed by atoms with E-state index in [4.69, 9.17) is 9.21 Å². The van der Waals surface area contributed by atoms with Crippen LogP contribution in [0, 0.1) is 11.7 Å². The fourth-order valence-corrected chi connectivity index (χ4v) is 8.68. The second-order valence-electron chi connectivity index (χ2n) is 16.3. The molecule has 16 nitrogen and oxygen atoms in total. The van der Waals surface area contributed by atoms with Crippen molar-refractivity contribution < 1.29 is 28.0 Å². The molecule has 4 aromatic rings. The van der Waals surface area contributed by atoms with Gasteiger partial charge in [0, 0.05) is 101 Å². The average molecular weight is 851 g/mol. The lowest BCUT2D eigenvalue weighted by molar-refractivity contribution is -0.136. The number of nitrogens with one attached hydrogen (secondary N) is 2. The zero-order valence-electron chi connectivity index (χ0n) is 35.2. The number of aromatic nitrogens is 3. The zero-order valence-corrected chi connectivity index (χ0v) is 35.2. The number of oxazole rings is 1. The smallest absolute Gasteiger partial charge is 0.408 e. The van der Waals surface area contributed by atoms with E-state index < -0.39 is 23.5 Å². The summed E-state index contributed by atoms with van der Waals surface area (Å²) in [7, 11) is 1.88. The SMILES string of the molecule is C=CC=O.C=CN(C)c1cccc(-c2nc(NC3CCN(C(=O)CN4CCN(CC5CCN(c6ccc7c(c6)oc(=O)n7C6CCC(=O)NC6=O)CC5)CC4)CC3)ncc2F)c1. The summed E-state index contributed by atoms with van der Waals surface area (Å²) < 4.78 is 21.7. The third-order valence-electron chi connectivity index (χ3n) is 12.3. The van der Waals surface area contributed by atoms with Crippen molar-refractivity contribution in [2.45, 2.75) is 50.6 Å². The first-order chi connectivity index (χ1) is 30.0. The normalized spacial score (nSPS) is 19.4. The number of piperidine rings is 3. The van der Waals surface area contributed by atoms with Gasteiger partial charge in [-0.15, -0.1) is 0 Å². The highest BCUT2D eigenvalue weighted by Crippen LogP contribution is 2.30. The van der Waals surface area contributed by atoms with Crippen LogP contribution in [0.3, 0.4) is 0 Å². The van der Waals surface area contributed by atoms with Crippen molar-refractivity contribution in [3.05, 3.63) is 90.5 Å². The van der Waals surface area contributed by atoms with Crippen molar-refractivity contribution in [2.24, 2.45) is 5.92 Å². The number of hydrogen-bond donors (Lipinski definition) is 2. The Morgan fingerprint density at radius 2 is 1.69 bits per heavy atom. The molecule has 1 atom stereocenters. The summed E-state index contributed by atoms with van der Waals surface area (Å²) in [5.41, 5.74) is 3.75. The maximum atomic E-state index is 14.8. The van der Waals surface area contributed by atoms with E-state index >= 15 is 0 Å². The fourth-order valence-electron chi connectivity index (χ4n) is 8.68. The minimum Gasteiger partial charge on any atom is -0.408 e. The maximum absolute atomic E-state index is 14.8. The predicted molar refractivity (Wildman–Crippen MR) is 235 cm³/mol. The van der Waals surface area contributed by atoms with Crippen LogP contribution in [-0.2, 0) is 19.2 Å². The van der Waals surface area contributed by atoms with Gasteiger partial charge in [-0.1, -0.05) is 25.3 Å². The number of fused-ring (bicyclic) bond motifs is 1. The van der Waals surface area contributed by atoms with E-state index in [2.05, 4.69) is 48.5 Å². The third-order valence-corrected chi connectivity index (χ3v) is 12.3. The molecule has 0 aliphatic carbocycles. The first-order valence-corrected chi connectivity index (χ1v) is 21.3. The standard InChI is InChI=1S/C42H51FN10O5.C3H4O/c1-3-48(2)31-6-4-5-29(23-31)39-33(43)25-44-41(47-39)45-30-13-17-52(18-14-30)38(55)27-50-21-19-49(20-22-50)26-28-11-15-51(16-12-28)32-7-8-34-36(24-32)58-42(57)53(34)35-9-10-37(54)46-40(35)56;1-2-3-4/h3-8,23-25,28,30,35H,1,9-22,26-27H2,2H3,(H,44,45,47)(H,46,54,56);2-3H,1H2. The number of likely N-dealkylation sites (tertiary alicyclic amines) is 1. The number of rotatable bonds is 12. The molecule has 2 N–H and O–H groups in total. The molecule has 4 aliphatic heterocycles. The summed E-state index contributed by atoms with van der Waals surface area (Å²) in [6, 6.07) is 12.5. The Kier molecular flexibility index (Phi) is 14.2. The van der Waals surface area contributed by atoms with Crippen LogP contribution in [0.5, 0.6) is 0 Å². The molecule has 2 aromatic carbocycles. The summed E-state index contributed by atoms with van der Waals surface area (Å²) in [5, 5.41) is 5.69. The van der Waals surface area contributed by atoms with Gasteiger partial charge in [0.15, 0.2) is 11.4 Å². The number of benzene rings is 2. The van der Waals surface area contributed by atoms with Crippen molar-refractivity contribution in [3.8, 4) is 11.3 Å². The molecule has 0 radical (unpaired) electrons. The van der Waals surface area contributed by atoms with Crippen molar-refractivity contribution in [3.63, 3.8) is 0 Å². The van der Waals surface area contributed by atoms with E-state index in [1.54, 1.807) is 6.20 Å². The van der Waals surface area contributed by atoms with Gasteiger partial charge in [-0.05, 0) is 74.6 Å². The summed E-state index contributed by atoms with van der Waals surface area (Å²) >= 11 is 0. The Balaban J connectivity index is 0.00000139. The molecule has 3 amide bonds. The van der Waals surface area contributed by atoms with Crippen LogP contribution in [0.2, 0.25) is 0 Å². The van der Waals surface area contributed by atoms with Crippen LogP contribution in [0.4, 0.5) is 21.7 Å². The number of amides is 3. The number of aldehydes is 1. The molecule has 6 heterocycles. The summed E-state index contributed by atoms with van der Waals surface area (Å²) in [5.74, 6) is -0.765. The molecule has 2 aromatic heterocycles. The Morgan fingerprint density at radius 3 is 2.39 bits per heavy atom. The van der Waals surface area contributed by atoms with Crippen molar-refractivity contribution >= 4 is 52.4 Å². The van der Waals surface area contributed by atoms with Gasteiger partial charge < -0.3 is 29.3 Å². The monoisotopic (exact) mass is 850 g/mol. The van der Waals surface area contributed by atoms with Crippen LogP contribution in [0.15, 0.2) is 83.3 Å². The third kappa shape index (κ3) is 10.5. The highest BCUT2D eigenvalue weighted by atomic mass is 19.1. The topological polar surface area (TPSA) is 169 Å². The highest BCUT2D eigenvalue weighted by molar-refractivity contribution is 6.00. The lowest BCUT2D eigenvalue weighted by Crippen LogP contribution is -2.52. The van der Waals surface area contributed by atoms with Gasteiger partial charge in [-0.2, -0.15) is 0 Å². The maximum Gasteiger partial charge on any atom is 0.420 e. The van der Waals surface area contributed by atoms with Gasteiger partial charge in [0.1, 0.15) is 18.0 Å². The predicted octanol–water partition coefficient (Wildman–Crippen LogP) is 4.06. The van der Waals surface area contributed by atoms with E-state index in [9.17, 15) is 23.6 Å². The quantitative estimate of drug-likeness (QED) is 0.119. The number of carbonyl (C=O) groups excluding carboxylic acids is 4. The molecule has 17 heteroatoms. The summed E-state index contributed by atoms with van der Waals surface area (Å²) in [6.07, 6.45) is 8.82. The van der Waals surface area contributed by atoms with Crippen LogP contribution in [0.25, 0.3) is 22.4 Å². The lowest BCUT2D eigenvalue weighted by Gasteiger charge is -2.40. The van der Waals surface area contributed by atoms with Crippen molar-refractivity contribution in [1.82, 2.24) is 34.6 Å². The van der Waals surface area contributed by atoms with E-state index in [1.165, 1.54) is 16.8 Å². The zero-order chi connectivity index (χ0) is 43.8. The van der Waals surface area contributed by atoms with Crippen molar-refractivity contribution in [1.29, 1.82) is 0 Å². The Morgan fingerprint density at radius 1 is 0.968 bits per heavy atom. The van der Waals surface area contributed by atoms with Crippen LogP contribution in [-0.4, -0.2) is 132 Å². The minimum atomic E-state index is -0.760. The van der Waals surface area contributed by atoms with E-state index in [0.29, 0.717) is 54.4 Å². The number of piperazine rings is 1. The van der Waals surface area contributed by atoms with Crippen LogP contribution < -0.4 is 26.2 Å². The second kappa shape index (κ2) is 20.1. The Labute approximate surface area is 360 Å². The van der Waals surface area contributed by atoms with Gasteiger partial charge in [0.2, 0.25) is 23.7 Å². The molecule has 0 saturated carbocycles. The first-order valence-electron chi connectivity index (χ1n) is 21.3. The van der Waals surface area contributed by atoms with Gasteiger partial charge in [-0.25, -0.2) is 19.2 Å². The van der Waals surface area contributed by atoms with Crippen molar-refractivity contribution in [2.75, 3.05) is 87.6 Å². The van der Waals surface area contributed by atoms with Gasteiger partial charge >= 0.3 is 5.76 Å². The highest BCUT2D eigenvalue weighted by Gasteiger charge is 2.32. The van der Waals surface area contributed by atoms with Crippen LogP contribution >= 0.6 is 0 Å². The second-order valence-corrected chi connectivity index (χ2v) is 16.3. The number of imide groups is 1. The number of allylic oxidation sites excluding steroid dienone is 1. The number of anilines is 3. The fraction of sp³-hybridized carbons (Fsp3) is 0.444.